The Balaban J connectivity index is 1.53. The van der Waals surface area contributed by atoms with Gasteiger partial charge in [-0.3, -0.25) is 19.8 Å². The number of likely N-dealkylation sites (N-methyl/N-ethyl adjacent to an activating group) is 1. The number of hydrazine groups is 1. The van der Waals surface area contributed by atoms with Crippen molar-refractivity contribution in [2.24, 2.45) is 21.6 Å². The number of alkyl carbamates (subject to hydrolysis) is 2. The van der Waals surface area contributed by atoms with Gasteiger partial charge in [-0.1, -0.05) is 36.1 Å². The summed E-state index contributed by atoms with van der Waals surface area (Å²) in [4.78, 5) is 73.9. The quantitative estimate of drug-likeness (QED) is 0.0199. The summed E-state index contributed by atoms with van der Waals surface area (Å²) in [5.41, 5.74) is 2.43. The number of hydrogen-bond donors (Lipinski definition) is 6. The number of halogens is 10. The van der Waals surface area contributed by atoms with Gasteiger partial charge in [0.15, 0.2) is 0 Å². The van der Waals surface area contributed by atoms with Crippen LogP contribution in [-0.4, -0.2) is 132 Å². The molecule has 1 aliphatic heterocycles. The summed E-state index contributed by atoms with van der Waals surface area (Å²) in [6.45, 7) is -2.76. The number of alkyl halides is 8. The molecule has 28 heteroatoms. The number of carbonyl (C=O) groups excluding carboxylic acids is 5. The van der Waals surface area contributed by atoms with Crippen molar-refractivity contribution >= 4 is 41.8 Å². The maximum atomic E-state index is 15.9. The highest BCUT2D eigenvalue weighted by Crippen LogP contribution is 2.42. The van der Waals surface area contributed by atoms with Crippen molar-refractivity contribution in [2.45, 2.75) is 96.9 Å². The van der Waals surface area contributed by atoms with Gasteiger partial charge in [0.2, 0.25) is 11.8 Å². The summed E-state index contributed by atoms with van der Waals surface area (Å²) in [6.07, 6.45) is -13.0. The van der Waals surface area contributed by atoms with Gasteiger partial charge in [0, 0.05) is 66.1 Å². The minimum Gasteiger partial charge on any atom is -0.453 e. The minimum atomic E-state index is -5.24. The van der Waals surface area contributed by atoms with E-state index in [4.69, 9.17) is 5.73 Å². The van der Waals surface area contributed by atoms with Crippen molar-refractivity contribution < 1.29 is 82.5 Å². The molecule has 0 saturated heterocycles. The van der Waals surface area contributed by atoms with E-state index < -0.39 is 126 Å². The Morgan fingerprint density at radius 3 is 1.84 bits per heavy atom. The maximum absolute atomic E-state index is 15.9. The molecule has 7 N–H and O–H groups in total. The molecule has 3 aromatic carbocycles. The molecule has 5 amide bonds. The number of methoxy groups -OCH3 is 2. The standard InChI is InChI=1S/C52H56F10N10O8/c1-49(2,51(57,58)59)42(67-47(77)79-6)44(75)66-37(20-30-12-10-28(11-13-30)8-9-29-14-16-31(17-15-29)38-24-71-27-41(74)70(5)26-40(71)65-38)39(73)25-72(69-45(76)43(68-48(78)80-7)50(3,4)52(60,61)62)23-33-34(53)21-32(22-35(33)54)36(63)18-19-64-46(55)56/h10-19,21-22,24,37,39,42-43,46,73H,20,23,25-27,63H2,1-7H3,(H,66,75)(H,67,77)(H,68,78)(H,69,76)/t37-,39-,42?,43+/m0/s1. The molecule has 0 saturated carbocycles. The van der Waals surface area contributed by atoms with E-state index in [0.29, 0.717) is 74.4 Å². The molecule has 0 aliphatic carbocycles. The molecule has 0 bridgehead atoms. The van der Waals surface area contributed by atoms with Crippen LogP contribution in [0.2, 0.25) is 0 Å². The van der Waals surface area contributed by atoms with Crippen molar-refractivity contribution in [3.8, 4) is 23.1 Å². The highest BCUT2D eigenvalue weighted by molar-refractivity contribution is 5.87. The Labute approximate surface area is 451 Å². The number of aliphatic hydroxyl groups is 1. The number of aromatic nitrogens is 2. The average molecular weight is 1140 g/mol. The summed E-state index contributed by atoms with van der Waals surface area (Å²) in [6, 6.07) is 7.38. The van der Waals surface area contributed by atoms with E-state index >= 15 is 8.78 Å². The van der Waals surface area contributed by atoms with Gasteiger partial charge in [0.05, 0.1) is 49.4 Å². The largest absolute Gasteiger partial charge is 0.453 e. The van der Waals surface area contributed by atoms with Crippen molar-refractivity contribution in [2.75, 3.05) is 27.8 Å². The molecule has 0 fully saturated rings. The molecule has 4 aromatic rings. The zero-order chi connectivity index (χ0) is 59.7. The van der Waals surface area contributed by atoms with Gasteiger partial charge in [0.25, 0.3) is 5.91 Å². The average Bonchev–Trinajstić information content (AvgIpc) is 3.78. The molecule has 2 heterocycles. The van der Waals surface area contributed by atoms with E-state index in [-0.39, 0.29) is 18.0 Å². The van der Waals surface area contributed by atoms with Crippen molar-refractivity contribution in [3.05, 3.63) is 118 Å². The predicted molar refractivity (Wildman–Crippen MR) is 268 cm³/mol. The lowest BCUT2D eigenvalue weighted by Crippen LogP contribution is -2.63. The van der Waals surface area contributed by atoms with Crippen LogP contribution in [0.15, 0.2) is 77.9 Å². The summed E-state index contributed by atoms with van der Waals surface area (Å²) in [5, 5.41) is 18.4. The Kier molecular flexibility index (Phi) is 20.1. The number of allylic oxidation sites excluding steroid dienone is 1. The van der Waals surface area contributed by atoms with E-state index in [1.54, 1.807) is 52.3 Å². The number of carbonyl (C=O) groups is 5. The van der Waals surface area contributed by atoms with Gasteiger partial charge in [0.1, 0.15) is 36.1 Å². The third-order valence-corrected chi connectivity index (χ3v) is 13.0. The molecular weight excluding hydrogens is 1080 g/mol. The van der Waals surface area contributed by atoms with Gasteiger partial charge in [-0.15, -0.1) is 0 Å². The van der Waals surface area contributed by atoms with Gasteiger partial charge < -0.3 is 45.7 Å². The van der Waals surface area contributed by atoms with Crippen molar-refractivity contribution in [3.63, 3.8) is 0 Å². The van der Waals surface area contributed by atoms with Crippen LogP contribution in [-0.2, 0) is 49.9 Å². The lowest BCUT2D eigenvalue weighted by atomic mass is 9.82. The van der Waals surface area contributed by atoms with Crippen LogP contribution in [0.4, 0.5) is 53.5 Å². The van der Waals surface area contributed by atoms with E-state index in [1.807, 2.05) is 10.7 Å². The molecule has 1 aromatic heterocycles. The molecule has 1 unspecified atom stereocenters. The monoisotopic (exact) mass is 1140 g/mol. The van der Waals surface area contributed by atoms with Crippen LogP contribution in [0.25, 0.3) is 17.0 Å². The first kappa shape index (κ1) is 62.7. The van der Waals surface area contributed by atoms with E-state index in [2.05, 4.69) is 36.6 Å². The first-order valence-corrected chi connectivity index (χ1v) is 23.9. The molecule has 4 atom stereocenters. The highest BCUT2D eigenvalue weighted by atomic mass is 19.4. The van der Waals surface area contributed by atoms with Gasteiger partial charge in [-0.05, 0) is 82.2 Å². The molecule has 5 rings (SSSR count). The molecule has 1 aliphatic rings. The Morgan fingerprint density at radius 1 is 0.825 bits per heavy atom. The number of ether oxygens (including phenoxy) is 2. The second-order valence-electron chi connectivity index (χ2n) is 19.4. The minimum absolute atomic E-state index is 0.0536. The Morgan fingerprint density at radius 2 is 1.34 bits per heavy atom. The van der Waals surface area contributed by atoms with E-state index in [9.17, 15) is 64.2 Å². The van der Waals surface area contributed by atoms with Gasteiger partial charge in [-0.2, -0.15) is 35.1 Å². The van der Waals surface area contributed by atoms with Gasteiger partial charge in [-0.25, -0.2) is 33.4 Å². The summed E-state index contributed by atoms with van der Waals surface area (Å²) in [5.74, 6) is 0.467. The van der Waals surface area contributed by atoms with Crippen LogP contribution in [0.3, 0.4) is 0 Å². The number of hydrogen-bond acceptors (Lipinski definition) is 12. The number of fused-ring (bicyclic) bond motifs is 1. The SMILES string of the molecule is COC(=O)NC(C(=O)N[C@@H](Cc1ccc(C#Cc2ccc(-c3cn4c(n3)CN(C)C(=O)C4)cc2)cc1)[C@@H](O)CN(Cc1c(F)cc(C(N)=CC=NC(F)F)cc1F)NC(=O)[C@@H](NC(=O)OC)C(C)(C)C(F)(F)F)C(C)(C)C(F)(F)F. The van der Waals surface area contributed by atoms with Crippen LogP contribution in [0.1, 0.15) is 61.3 Å². The van der Waals surface area contributed by atoms with Crippen molar-refractivity contribution in [1.82, 2.24) is 40.8 Å². The highest BCUT2D eigenvalue weighted by Gasteiger charge is 2.57. The van der Waals surface area contributed by atoms with Crippen LogP contribution >= 0.6 is 0 Å². The lowest BCUT2D eigenvalue weighted by Gasteiger charge is -2.38. The van der Waals surface area contributed by atoms with Gasteiger partial charge >= 0.3 is 31.1 Å². The molecule has 80 heavy (non-hydrogen) atoms. The summed E-state index contributed by atoms with van der Waals surface area (Å²) in [7, 11) is 3.26. The van der Waals surface area contributed by atoms with E-state index in [1.165, 1.54) is 24.3 Å². The second kappa shape index (κ2) is 25.7. The van der Waals surface area contributed by atoms with Crippen LogP contribution in [0, 0.1) is 34.3 Å². The summed E-state index contributed by atoms with van der Waals surface area (Å²) < 4.78 is 155. The number of aliphatic hydroxyl groups excluding tert-OH is 1. The number of nitrogens with zero attached hydrogens (tertiary/aromatic N) is 5. The number of rotatable bonds is 19. The third-order valence-electron chi connectivity index (χ3n) is 13.0. The predicted octanol–water partition coefficient (Wildman–Crippen LogP) is 6.34. The van der Waals surface area contributed by atoms with Crippen molar-refractivity contribution in [1.29, 1.82) is 0 Å². The Bertz CT molecular complexity index is 3000. The van der Waals surface area contributed by atoms with Crippen LogP contribution in [0.5, 0.6) is 0 Å². The number of benzene rings is 3. The number of amides is 5. The smallest absolute Gasteiger partial charge is 0.407 e. The molecular formula is C52H56F10N10O8. The molecule has 0 spiro atoms. The fraction of sp³-hybridized carbons (Fsp3) is 0.404. The summed E-state index contributed by atoms with van der Waals surface area (Å²) >= 11 is 0. The number of nitrogens with two attached hydrogens (primary N) is 1. The first-order valence-electron chi connectivity index (χ1n) is 23.9. The first-order chi connectivity index (χ1) is 37.2. The lowest BCUT2D eigenvalue weighted by molar-refractivity contribution is -0.221. The molecule has 18 nitrogen and oxygen atoms in total. The number of imidazole rings is 1. The van der Waals surface area contributed by atoms with E-state index in [0.717, 1.165) is 31.7 Å². The molecule has 432 valence electrons. The number of aliphatic imine (C=N–C) groups is 1. The normalized spacial score (nSPS) is 14.9. The van der Waals surface area contributed by atoms with Crippen LogP contribution < -0.4 is 27.1 Å². The zero-order valence-electron chi connectivity index (χ0n) is 43.8. The number of nitrogens with one attached hydrogen (secondary N) is 4. The third kappa shape index (κ3) is 15.8. The Hall–Kier alpha value is -8.19. The second-order valence-corrected chi connectivity index (χ2v) is 19.4. The maximum Gasteiger partial charge on any atom is 0.407 e. The fourth-order valence-electron chi connectivity index (χ4n) is 7.77. The zero-order valence-corrected chi connectivity index (χ0v) is 43.8. The molecule has 0 radical (unpaired) electrons. The topological polar surface area (TPSA) is 235 Å². The fourth-order valence-corrected chi connectivity index (χ4v) is 7.77.